The Morgan fingerprint density at radius 1 is 1.33 bits per heavy atom. The molecule has 0 aromatic heterocycles. The van der Waals surface area contributed by atoms with Crippen LogP contribution in [-0.4, -0.2) is 5.75 Å². The minimum atomic E-state index is 1.11. The average molecular weight is 328 g/mol. The van der Waals surface area contributed by atoms with Crippen LogP contribution in [0, 0.1) is 0 Å². The number of halogens is 2. The van der Waals surface area contributed by atoms with Gasteiger partial charge in [0, 0.05) is 19.6 Å². The standard InChI is InChI=1S/C8H8Br2S2/c1-2-11-12-8-4-3-6(9)5-7(8)10/h3-5H,2H2,1H3. The molecule has 0 aliphatic carbocycles. The Morgan fingerprint density at radius 3 is 2.67 bits per heavy atom. The maximum Gasteiger partial charge on any atom is 0.0331 e. The Labute approximate surface area is 97.5 Å². The second-order valence-corrected chi connectivity index (χ2v) is 6.46. The molecule has 0 amide bonds. The van der Waals surface area contributed by atoms with Gasteiger partial charge >= 0.3 is 0 Å². The fourth-order valence-corrected chi connectivity index (χ4v) is 3.95. The number of hydrogen-bond donors (Lipinski definition) is 0. The molecule has 1 rings (SSSR count). The van der Waals surface area contributed by atoms with Crippen LogP contribution in [0.25, 0.3) is 0 Å². The largest absolute Gasteiger partial charge is 0.0892 e. The topological polar surface area (TPSA) is 0 Å². The number of rotatable bonds is 3. The van der Waals surface area contributed by atoms with Crippen molar-refractivity contribution in [3.63, 3.8) is 0 Å². The summed E-state index contributed by atoms with van der Waals surface area (Å²) in [4.78, 5) is 1.28. The van der Waals surface area contributed by atoms with Crippen LogP contribution in [0.15, 0.2) is 32.0 Å². The van der Waals surface area contributed by atoms with E-state index < -0.39 is 0 Å². The molecule has 0 atom stereocenters. The van der Waals surface area contributed by atoms with Crippen LogP contribution in [0.4, 0.5) is 0 Å². The summed E-state index contributed by atoms with van der Waals surface area (Å²) in [7, 11) is 3.66. The Balaban J connectivity index is 2.72. The maximum absolute atomic E-state index is 3.51. The van der Waals surface area contributed by atoms with Gasteiger partial charge < -0.3 is 0 Å². The van der Waals surface area contributed by atoms with Crippen molar-refractivity contribution >= 4 is 53.4 Å². The summed E-state index contributed by atoms with van der Waals surface area (Å²) in [5, 5.41) is 0. The molecular weight excluding hydrogens is 320 g/mol. The molecule has 0 radical (unpaired) electrons. The van der Waals surface area contributed by atoms with Gasteiger partial charge in [0.2, 0.25) is 0 Å². The van der Waals surface area contributed by atoms with Gasteiger partial charge in [-0.05, 0) is 34.1 Å². The smallest absolute Gasteiger partial charge is 0.0331 e. The van der Waals surface area contributed by atoms with Crippen molar-refractivity contribution in [2.75, 3.05) is 5.75 Å². The first kappa shape index (κ1) is 11.0. The summed E-state index contributed by atoms with van der Waals surface area (Å²) >= 11 is 6.93. The summed E-state index contributed by atoms with van der Waals surface area (Å²) in [5.41, 5.74) is 0. The second-order valence-electron chi connectivity index (χ2n) is 2.06. The van der Waals surface area contributed by atoms with E-state index in [0.29, 0.717) is 0 Å². The minimum Gasteiger partial charge on any atom is -0.0892 e. The van der Waals surface area contributed by atoms with E-state index in [0.717, 1.165) is 14.7 Å². The molecule has 12 heavy (non-hydrogen) atoms. The molecular formula is C8H8Br2S2. The van der Waals surface area contributed by atoms with Crippen LogP contribution in [0.1, 0.15) is 6.92 Å². The van der Waals surface area contributed by atoms with E-state index in [4.69, 9.17) is 0 Å². The average Bonchev–Trinajstić information content (AvgIpc) is 2.03. The van der Waals surface area contributed by atoms with Gasteiger partial charge in [-0.15, -0.1) is 0 Å². The van der Waals surface area contributed by atoms with Crippen molar-refractivity contribution < 1.29 is 0 Å². The van der Waals surface area contributed by atoms with Crippen LogP contribution in [0.2, 0.25) is 0 Å². The third-order valence-corrected chi connectivity index (χ3v) is 5.06. The summed E-state index contributed by atoms with van der Waals surface area (Å²) in [5.74, 6) is 1.13. The lowest BCUT2D eigenvalue weighted by Crippen LogP contribution is -1.72. The van der Waals surface area contributed by atoms with Gasteiger partial charge in [0.1, 0.15) is 0 Å². The highest BCUT2D eigenvalue weighted by atomic mass is 79.9. The maximum atomic E-state index is 3.51. The predicted octanol–water partition coefficient (Wildman–Crippen LogP) is 4.97. The summed E-state index contributed by atoms with van der Waals surface area (Å²) < 4.78 is 2.27. The van der Waals surface area contributed by atoms with Crippen molar-refractivity contribution in [1.29, 1.82) is 0 Å². The van der Waals surface area contributed by atoms with E-state index in [2.05, 4.69) is 57.0 Å². The third-order valence-electron chi connectivity index (χ3n) is 1.16. The van der Waals surface area contributed by atoms with Gasteiger partial charge in [-0.1, -0.05) is 44.4 Å². The SMILES string of the molecule is CCSSc1ccc(Br)cc1Br. The van der Waals surface area contributed by atoms with Gasteiger partial charge in [0.15, 0.2) is 0 Å². The molecule has 0 unspecified atom stereocenters. The lowest BCUT2D eigenvalue weighted by molar-refractivity contribution is 1.40. The number of hydrogen-bond acceptors (Lipinski definition) is 2. The lowest BCUT2D eigenvalue weighted by atomic mass is 10.4. The molecule has 0 N–H and O–H groups in total. The first-order valence-corrected chi connectivity index (χ1v) is 7.39. The van der Waals surface area contributed by atoms with E-state index in [1.165, 1.54) is 4.90 Å². The van der Waals surface area contributed by atoms with Gasteiger partial charge in [0.25, 0.3) is 0 Å². The van der Waals surface area contributed by atoms with Crippen molar-refractivity contribution in [3.8, 4) is 0 Å². The Morgan fingerprint density at radius 2 is 2.08 bits per heavy atom. The predicted molar refractivity (Wildman–Crippen MR) is 65.8 cm³/mol. The molecule has 0 heterocycles. The van der Waals surface area contributed by atoms with Crippen molar-refractivity contribution in [1.82, 2.24) is 0 Å². The quantitative estimate of drug-likeness (QED) is 0.719. The fraction of sp³-hybridized carbons (Fsp3) is 0.250. The molecule has 0 saturated carbocycles. The lowest BCUT2D eigenvalue weighted by Gasteiger charge is -2.01. The van der Waals surface area contributed by atoms with Gasteiger partial charge in [-0.3, -0.25) is 0 Å². The highest BCUT2D eigenvalue weighted by Crippen LogP contribution is 2.36. The molecule has 0 aliphatic heterocycles. The molecule has 66 valence electrons. The second kappa shape index (κ2) is 5.58. The van der Waals surface area contributed by atoms with E-state index in [1.807, 2.05) is 10.8 Å². The monoisotopic (exact) mass is 326 g/mol. The van der Waals surface area contributed by atoms with Crippen LogP contribution < -0.4 is 0 Å². The molecule has 0 fully saturated rings. The minimum absolute atomic E-state index is 1.11. The van der Waals surface area contributed by atoms with Crippen LogP contribution in [0.5, 0.6) is 0 Å². The van der Waals surface area contributed by atoms with E-state index in [9.17, 15) is 0 Å². The first-order valence-electron chi connectivity index (χ1n) is 3.48. The molecule has 0 spiro atoms. The highest BCUT2D eigenvalue weighted by molar-refractivity contribution is 9.11. The molecule has 4 heteroatoms. The van der Waals surface area contributed by atoms with Gasteiger partial charge in [0.05, 0.1) is 0 Å². The van der Waals surface area contributed by atoms with E-state index in [-0.39, 0.29) is 0 Å². The molecule has 1 aromatic rings. The van der Waals surface area contributed by atoms with Crippen LogP contribution in [0.3, 0.4) is 0 Å². The van der Waals surface area contributed by atoms with Crippen molar-refractivity contribution in [2.45, 2.75) is 11.8 Å². The Bertz CT molecular complexity index is 263. The fourth-order valence-electron chi connectivity index (χ4n) is 0.665. The van der Waals surface area contributed by atoms with Crippen molar-refractivity contribution in [2.24, 2.45) is 0 Å². The zero-order valence-corrected chi connectivity index (χ0v) is 11.3. The molecule has 0 saturated heterocycles. The Kier molecular flexibility index (Phi) is 5.09. The van der Waals surface area contributed by atoms with Crippen LogP contribution in [-0.2, 0) is 0 Å². The zero-order valence-electron chi connectivity index (χ0n) is 6.51. The van der Waals surface area contributed by atoms with Crippen molar-refractivity contribution in [3.05, 3.63) is 27.1 Å². The first-order chi connectivity index (χ1) is 5.74. The zero-order chi connectivity index (χ0) is 8.97. The summed E-state index contributed by atoms with van der Waals surface area (Å²) in [6.45, 7) is 2.16. The molecule has 0 nitrogen and oxygen atoms in total. The van der Waals surface area contributed by atoms with Crippen LogP contribution >= 0.6 is 53.4 Å². The summed E-state index contributed by atoms with van der Waals surface area (Å²) in [6, 6.07) is 6.24. The molecule has 0 bridgehead atoms. The van der Waals surface area contributed by atoms with Gasteiger partial charge in [-0.2, -0.15) is 0 Å². The van der Waals surface area contributed by atoms with E-state index >= 15 is 0 Å². The van der Waals surface area contributed by atoms with Gasteiger partial charge in [-0.25, -0.2) is 0 Å². The Hall–Kier alpha value is 0.880. The summed E-state index contributed by atoms with van der Waals surface area (Å²) in [6.07, 6.45) is 0. The molecule has 0 aliphatic rings. The normalized spacial score (nSPS) is 10.2. The number of benzene rings is 1. The van der Waals surface area contributed by atoms with E-state index in [1.54, 1.807) is 10.8 Å². The highest BCUT2D eigenvalue weighted by Gasteiger charge is 2.00. The third kappa shape index (κ3) is 3.32. The molecule has 1 aromatic carbocycles.